The minimum absolute atomic E-state index is 0.0586. The zero-order valence-electron chi connectivity index (χ0n) is 11.8. The fourth-order valence-corrected chi connectivity index (χ4v) is 2.37. The lowest BCUT2D eigenvalue weighted by Gasteiger charge is -2.09. The van der Waals surface area contributed by atoms with Gasteiger partial charge in [-0.3, -0.25) is 23.3 Å². The van der Waals surface area contributed by atoms with Gasteiger partial charge in [0.05, 0.1) is 5.69 Å². The lowest BCUT2D eigenvalue weighted by Crippen LogP contribution is -2.40. The number of rotatable bonds is 1. The fourth-order valence-electron chi connectivity index (χ4n) is 2.24. The summed E-state index contributed by atoms with van der Waals surface area (Å²) >= 11 is 5.82. The summed E-state index contributed by atoms with van der Waals surface area (Å²) in [6, 6.07) is 6.55. The molecule has 0 N–H and O–H groups in total. The van der Waals surface area contributed by atoms with Crippen LogP contribution in [0.4, 0.5) is 0 Å². The first-order valence-electron chi connectivity index (χ1n) is 6.35. The Labute approximate surface area is 128 Å². The molecule has 0 radical (unpaired) electrons. The first-order chi connectivity index (χ1) is 10.4. The topological polar surface area (TPSA) is 78.9 Å². The van der Waals surface area contributed by atoms with Gasteiger partial charge in [-0.05, 0) is 24.3 Å². The third-order valence-corrected chi connectivity index (χ3v) is 3.72. The monoisotopic (exact) mass is 318 g/mol. The van der Waals surface area contributed by atoms with Crippen molar-refractivity contribution >= 4 is 22.6 Å². The number of nitrogens with zero attached hydrogens (tertiary/aromatic N) is 4. The van der Waals surface area contributed by atoms with Crippen molar-refractivity contribution in [3.63, 3.8) is 0 Å². The van der Waals surface area contributed by atoms with E-state index in [1.54, 1.807) is 24.3 Å². The molecule has 2 heterocycles. The van der Waals surface area contributed by atoms with Gasteiger partial charge in [0.25, 0.3) is 11.1 Å². The predicted octanol–water partition coefficient (Wildman–Crippen LogP) is 0.436. The summed E-state index contributed by atoms with van der Waals surface area (Å²) in [5.41, 5.74) is -1.15. The van der Waals surface area contributed by atoms with Crippen molar-refractivity contribution in [2.24, 2.45) is 14.1 Å². The van der Waals surface area contributed by atoms with Gasteiger partial charge in [0.15, 0.2) is 5.65 Å². The first kappa shape index (κ1) is 14.3. The van der Waals surface area contributed by atoms with Crippen molar-refractivity contribution in [3.8, 4) is 5.69 Å². The normalized spacial score (nSPS) is 11.0. The van der Waals surface area contributed by atoms with E-state index < -0.39 is 16.8 Å². The second-order valence-electron chi connectivity index (χ2n) is 4.80. The largest absolute Gasteiger partial charge is 0.332 e. The molecular formula is C14H11ClN4O3. The van der Waals surface area contributed by atoms with Crippen molar-refractivity contribution in [2.45, 2.75) is 0 Å². The fraction of sp³-hybridized carbons (Fsp3) is 0.143. The molecule has 22 heavy (non-hydrogen) atoms. The Morgan fingerprint density at radius 1 is 0.955 bits per heavy atom. The van der Waals surface area contributed by atoms with E-state index in [2.05, 4.69) is 4.98 Å². The molecule has 0 aliphatic carbocycles. The molecule has 0 aliphatic rings. The van der Waals surface area contributed by atoms with Gasteiger partial charge in [-0.15, -0.1) is 0 Å². The molecule has 8 heteroatoms. The third kappa shape index (κ3) is 1.98. The van der Waals surface area contributed by atoms with Crippen molar-refractivity contribution in [3.05, 3.63) is 66.8 Å². The molecule has 0 atom stereocenters. The van der Waals surface area contributed by atoms with Crippen molar-refractivity contribution in [1.29, 1.82) is 0 Å². The van der Waals surface area contributed by atoms with Crippen molar-refractivity contribution < 1.29 is 0 Å². The van der Waals surface area contributed by atoms with Gasteiger partial charge in [0.1, 0.15) is 11.7 Å². The van der Waals surface area contributed by atoms with E-state index in [0.29, 0.717) is 10.7 Å². The van der Waals surface area contributed by atoms with E-state index in [-0.39, 0.29) is 11.0 Å². The Kier molecular flexibility index (Phi) is 3.22. The van der Waals surface area contributed by atoms with Crippen LogP contribution in [0.15, 0.2) is 45.0 Å². The second kappa shape index (κ2) is 4.96. The Morgan fingerprint density at radius 3 is 2.23 bits per heavy atom. The molecule has 0 fully saturated rings. The number of aromatic nitrogens is 4. The summed E-state index contributed by atoms with van der Waals surface area (Å²) in [4.78, 5) is 40.8. The molecule has 0 saturated heterocycles. The van der Waals surface area contributed by atoms with Crippen LogP contribution >= 0.6 is 11.6 Å². The van der Waals surface area contributed by atoms with Crippen LogP contribution in [0.5, 0.6) is 0 Å². The highest BCUT2D eigenvalue weighted by Gasteiger charge is 2.15. The number of halogens is 1. The standard InChI is InChI=1S/C14H11ClN4O3/c1-17-11-10(12(20)18(2)14(17)22)13(21)19(7-16-11)9-5-3-8(15)4-6-9/h3-7H,1-2H3. The van der Waals surface area contributed by atoms with E-state index in [9.17, 15) is 14.4 Å². The minimum atomic E-state index is -0.668. The highest BCUT2D eigenvalue weighted by Crippen LogP contribution is 2.12. The highest BCUT2D eigenvalue weighted by atomic mass is 35.5. The number of fused-ring (bicyclic) bond motifs is 1. The summed E-state index contributed by atoms with van der Waals surface area (Å²) in [6.45, 7) is 0. The smallest absolute Gasteiger partial charge is 0.280 e. The lowest BCUT2D eigenvalue weighted by molar-refractivity contribution is 0.702. The Balaban J connectivity index is 2.45. The molecule has 112 valence electrons. The third-order valence-electron chi connectivity index (χ3n) is 3.47. The molecule has 3 rings (SSSR count). The number of hydrogen-bond donors (Lipinski definition) is 0. The van der Waals surface area contributed by atoms with E-state index in [1.807, 2.05) is 0 Å². The quantitative estimate of drug-likeness (QED) is 0.652. The summed E-state index contributed by atoms with van der Waals surface area (Å²) in [7, 11) is 2.78. The molecular weight excluding hydrogens is 308 g/mol. The Hall–Kier alpha value is -2.67. The first-order valence-corrected chi connectivity index (χ1v) is 6.73. The molecule has 0 saturated carbocycles. The van der Waals surface area contributed by atoms with Crippen LogP contribution in [0.3, 0.4) is 0 Å². The maximum Gasteiger partial charge on any atom is 0.332 e. The molecule has 1 aromatic carbocycles. The van der Waals surface area contributed by atoms with Gasteiger partial charge >= 0.3 is 5.69 Å². The van der Waals surface area contributed by atoms with Crippen LogP contribution in [0.2, 0.25) is 5.02 Å². The minimum Gasteiger partial charge on any atom is -0.280 e. The second-order valence-corrected chi connectivity index (χ2v) is 5.24. The summed E-state index contributed by atoms with van der Waals surface area (Å²) in [5.74, 6) is 0. The van der Waals surface area contributed by atoms with Crippen LogP contribution in [0.25, 0.3) is 16.7 Å². The molecule has 0 unspecified atom stereocenters. The average Bonchev–Trinajstić information content (AvgIpc) is 2.51. The summed E-state index contributed by atoms with van der Waals surface area (Å²) in [6.07, 6.45) is 1.28. The molecule has 0 bridgehead atoms. The molecule has 7 nitrogen and oxygen atoms in total. The Bertz CT molecular complexity index is 1060. The zero-order valence-corrected chi connectivity index (χ0v) is 12.5. The van der Waals surface area contributed by atoms with Crippen LogP contribution in [-0.4, -0.2) is 18.7 Å². The van der Waals surface area contributed by atoms with Crippen LogP contribution in [0.1, 0.15) is 0 Å². The van der Waals surface area contributed by atoms with Crippen LogP contribution in [-0.2, 0) is 14.1 Å². The van der Waals surface area contributed by atoms with Gasteiger partial charge in [-0.1, -0.05) is 11.6 Å². The van der Waals surface area contributed by atoms with Gasteiger partial charge < -0.3 is 0 Å². The molecule has 0 aliphatic heterocycles. The predicted molar refractivity (Wildman–Crippen MR) is 82.8 cm³/mol. The average molecular weight is 319 g/mol. The SMILES string of the molecule is Cn1c(=O)c2c(=O)n(-c3ccc(Cl)cc3)cnc2n(C)c1=O. The lowest BCUT2D eigenvalue weighted by atomic mass is 10.3. The van der Waals surface area contributed by atoms with Gasteiger partial charge in [-0.2, -0.15) is 0 Å². The van der Waals surface area contributed by atoms with Gasteiger partial charge in [-0.25, -0.2) is 9.78 Å². The van der Waals surface area contributed by atoms with Crippen molar-refractivity contribution in [1.82, 2.24) is 18.7 Å². The molecule has 0 amide bonds. The van der Waals surface area contributed by atoms with E-state index >= 15 is 0 Å². The number of benzene rings is 1. The van der Waals surface area contributed by atoms with Crippen molar-refractivity contribution in [2.75, 3.05) is 0 Å². The van der Waals surface area contributed by atoms with Crippen LogP contribution in [0, 0.1) is 0 Å². The maximum absolute atomic E-state index is 12.6. The van der Waals surface area contributed by atoms with Gasteiger partial charge in [0.2, 0.25) is 0 Å². The van der Waals surface area contributed by atoms with E-state index in [4.69, 9.17) is 11.6 Å². The van der Waals surface area contributed by atoms with E-state index in [0.717, 1.165) is 4.57 Å². The summed E-state index contributed by atoms with van der Waals surface area (Å²) in [5, 5.41) is 0.394. The van der Waals surface area contributed by atoms with Crippen LogP contribution < -0.4 is 16.8 Å². The molecule has 3 aromatic rings. The number of aryl methyl sites for hydroxylation is 1. The van der Waals surface area contributed by atoms with Gasteiger partial charge in [0, 0.05) is 19.1 Å². The van der Waals surface area contributed by atoms with E-state index in [1.165, 1.54) is 29.6 Å². The molecule has 0 spiro atoms. The maximum atomic E-state index is 12.6. The Morgan fingerprint density at radius 2 is 1.59 bits per heavy atom. The molecule has 2 aromatic heterocycles. The zero-order chi connectivity index (χ0) is 16.0. The highest BCUT2D eigenvalue weighted by molar-refractivity contribution is 6.30. The summed E-state index contributed by atoms with van der Waals surface area (Å²) < 4.78 is 3.30. The number of hydrogen-bond acceptors (Lipinski definition) is 4.